The van der Waals surface area contributed by atoms with Gasteiger partial charge in [-0.15, -0.1) is 0 Å². The summed E-state index contributed by atoms with van der Waals surface area (Å²) in [6.07, 6.45) is 2.25. The molecule has 0 unspecified atom stereocenters. The number of nitrogens with zero attached hydrogens (tertiary/aromatic N) is 1. The minimum absolute atomic E-state index is 0.628. The Balaban J connectivity index is 2.05. The van der Waals surface area contributed by atoms with Crippen molar-refractivity contribution in [3.05, 3.63) is 53.1 Å². The molecule has 0 bridgehead atoms. The van der Waals surface area contributed by atoms with Crippen LogP contribution in [0.5, 0.6) is 28.7 Å². The molecule has 182 valence electrons. The van der Waals surface area contributed by atoms with E-state index in [-0.39, 0.29) is 0 Å². The third-order valence-corrected chi connectivity index (χ3v) is 5.34. The lowest BCUT2D eigenvalue weighted by atomic mass is 10.1. The van der Waals surface area contributed by atoms with Crippen LogP contribution < -0.4 is 29.0 Å². The summed E-state index contributed by atoms with van der Waals surface area (Å²) in [6, 6.07) is 9.81. The molecule has 1 N–H and O–H groups in total. The maximum atomic E-state index is 5.55. The Morgan fingerprint density at radius 2 is 1.45 bits per heavy atom. The topological polar surface area (TPSA) is 61.4 Å². The Labute approximate surface area is 198 Å². The molecule has 2 rings (SSSR count). The zero-order valence-corrected chi connectivity index (χ0v) is 21.0. The number of ether oxygens (including phenoxy) is 5. The highest BCUT2D eigenvalue weighted by Crippen LogP contribution is 2.34. The highest BCUT2D eigenvalue weighted by atomic mass is 16.5. The van der Waals surface area contributed by atoms with Crippen molar-refractivity contribution >= 4 is 0 Å². The second kappa shape index (κ2) is 13.6. The summed E-state index contributed by atoms with van der Waals surface area (Å²) in [6.45, 7) is 8.23. The van der Waals surface area contributed by atoms with Crippen molar-refractivity contribution in [2.75, 3.05) is 55.2 Å². The fourth-order valence-corrected chi connectivity index (χ4v) is 3.49. The highest BCUT2D eigenvalue weighted by Gasteiger charge is 2.14. The molecule has 7 heteroatoms. The van der Waals surface area contributed by atoms with E-state index in [9.17, 15) is 0 Å². The van der Waals surface area contributed by atoms with Crippen LogP contribution in [0.3, 0.4) is 0 Å². The van der Waals surface area contributed by atoms with E-state index in [4.69, 9.17) is 23.7 Å². The zero-order chi connectivity index (χ0) is 24.2. The Kier molecular flexibility index (Phi) is 10.9. The van der Waals surface area contributed by atoms with Gasteiger partial charge in [0.05, 0.1) is 41.1 Å². The van der Waals surface area contributed by atoms with Crippen LogP contribution in [0.1, 0.15) is 25.0 Å². The first kappa shape index (κ1) is 26.4. The quantitative estimate of drug-likeness (QED) is 0.335. The van der Waals surface area contributed by atoms with E-state index in [1.54, 1.807) is 35.5 Å². The smallest absolute Gasteiger partial charge is 0.161 e. The minimum atomic E-state index is 0.628. The van der Waals surface area contributed by atoms with Crippen LogP contribution >= 0.6 is 0 Å². The molecule has 0 radical (unpaired) electrons. The Bertz CT molecular complexity index is 885. The van der Waals surface area contributed by atoms with Gasteiger partial charge >= 0.3 is 0 Å². The molecule has 0 atom stereocenters. The van der Waals surface area contributed by atoms with E-state index in [1.807, 2.05) is 24.3 Å². The number of rotatable bonds is 14. The second-order valence-corrected chi connectivity index (χ2v) is 7.89. The van der Waals surface area contributed by atoms with Crippen LogP contribution in [0, 0.1) is 0 Å². The van der Waals surface area contributed by atoms with Crippen molar-refractivity contribution in [3.8, 4) is 28.7 Å². The van der Waals surface area contributed by atoms with Crippen LogP contribution in [0.2, 0.25) is 0 Å². The van der Waals surface area contributed by atoms with Gasteiger partial charge in [-0.25, -0.2) is 0 Å². The van der Waals surface area contributed by atoms with Crippen LogP contribution in [0.25, 0.3) is 0 Å². The number of nitrogens with one attached hydrogen (secondary N) is 1. The SMILES string of the molecule is COc1cc(OC)c(CNCCN(CC=C(C)C)Cc2ccc(OC)c(OC)c2)c(OC)c1. The van der Waals surface area contributed by atoms with Crippen molar-refractivity contribution in [1.82, 2.24) is 10.2 Å². The fraction of sp³-hybridized carbons (Fsp3) is 0.462. The molecule has 0 saturated heterocycles. The number of allylic oxidation sites excluding steroid dienone is 1. The molecule has 0 heterocycles. The average Bonchev–Trinajstić information content (AvgIpc) is 2.84. The van der Waals surface area contributed by atoms with E-state index >= 15 is 0 Å². The molecule has 0 aliphatic carbocycles. The second-order valence-electron chi connectivity index (χ2n) is 7.89. The molecule has 0 aliphatic rings. The van der Waals surface area contributed by atoms with Gasteiger partial charge in [-0.05, 0) is 31.5 Å². The standard InChI is InChI=1S/C26H38N2O5/c1-19(2)10-12-28(18-20-8-9-23(30-4)26(14-20)33-7)13-11-27-17-22-24(31-5)15-21(29-3)16-25(22)32-6/h8-10,14-16,27H,11-13,17-18H2,1-7H3. The molecule has 0 saturated carbocycles. The molecule has 0 amide bonds. The Morgan fingerprint density at radius 1 is 0.818 bits per heavy atom. The monoisotopic (exact) mass is 458 g/mol. The van der Waals surface area contributed by atoms with Gasteiger partial charge in [0.25, 0.3) is 0 Å². The molecule has 2 aromatic carbocycles. The van der Waals surface area contributed by atoms with E-state index in [1.165, 1.54) is 11.1 Å². The van der Waals surface area contributed by atoms with Crippen molar-refractivity contribution < 1.29 is 23.7 Å². The number of benzene rings is 2. The third-order valence-electron chi connectivity index (χ3n) is 5.34. The summed E-state index contributed by atoms with van der Waals surface area (Å²) in [5.41, 5.74) is 3.44. The first-order chi connectivity index (χ1) is 15.9. The lowest BCUT2D eigenvalue weighted by Gasteiger charge is -2.22. The van der Waals surface area contributed by atoms with Gasteiger partial charge in [-0.3, -0.25) is 4.90 Å². The van der Waals surface area contributed by atoms with Crippen LogP contribution in [-0.2, 0) is 13.1 Å². The Morgan fingerprint density at radius 3 is 2.00 bits per heavy atom. The molecule has 0 fully saturated rings. The summed E-state index contributed by atoms with van der Waals surface area (Å²) in [5.74, 6) is 3.67. The van der Waals surface area contributed by atoms with Crippen LogP contribution in [0.4, 0.5) is 0 Å². The number of hydrogen-bond donors (Lipinski definition) is 1. The molecule has 0 aliphatic heterocycles. The van der Waals surface area contributed by atoms with Gasteiger partial charge < -0.3 is 29.0 Å². The molecule has 33 heavy (non-hydrogen) atoms. The van der Waals surface area contributed by atoms with Crippen molar-refractivity contribution in [1.29, 1.82) is 0 Å². The summed E-state index contributed by atoms with van der Waals surface area (Å²) >= 11 is 0. The van der Waals surface area contributed by atoms with E-state index in [0.717, 1.165) is 54.7 Å². The van der Waals surface area contributed by atoms with E-state index in [0.29, 0.717) is 12.3 Å². The lowest BCUT2D eigenvalue weighted by molar-refractivity contribution is 0.290. The molecule has 0 aromatic heterocycles. The Hall–Kier alpha value is -2.90. The first-order valence-corrected chi connectivity index (χ1v) is 11.0. The molecule has 7 nitrogen and oxygen atoms in total. The van der Waals surface area contributed by atoms with Gasteiger partial charge in [-0.2, -0.15) is 0 Å². The first-order valence-electron chi connectivity index (χ1n) is 11.0. The summed E-state index contributed by atoms with van der Waals surface area (Å²) in [4.78, 5) is 2.39. The predicted molar refractivity (Wildman–Crippen MR) is 132 cm³/mol. The molecular formula is C26H38N2O5. The number of methoxy groups -OCH3 is 5. The summed E-state index contributed by atoms with van der Waals surface area (Å²) < 4.78 is 27.3. The lowest BCUT2D eigenvalue weighted by Crippen LogP contribution is -2.32. The molecule has 2 aromatic rings. The summed E-state index contributed by atoms with van der Waals surface area (Å²) in [7, 11) is 8.25. The van der Waals surface area contributed by atoms with Crippen LogP contribution in [0.15, 0.2) is 42.0 Å². The maximum Gasteiger partial charge on any atom is 0.161 e. The molecule has 0 spiro atoms. The van der Waals surface area contributed by atoms with Crippen molar-refractivity contribution in [3.63, 3.8) is 0 Å². The third kappa shape index (κ3) is 7.87. The molecular weight excluding hydrogens is 420 g/mol. The van der Waals surface area contributed by atoms with E-state index < -0.39 is 0 Å². The van der Waals surface area contributed by atoms with Crippen LogP contribution in [-0.4, -0.2) is 60.1 Å². The van der Waals surface area contributed by atoms with Gasteiger partial charge in [0.2, 0.25) is 0 Å². The summed E-state index contributed by atoms with van der Waals surface area (Å²) in [5, 5.41) is 3.53. The largest absolute Gasteiger partial charge is 0.496 e. The van der Waals surface area contributed by atoms with Gasteiger partial charge in [0, 0.05) is 44.9 Å². The fourth-order valence-electron chi connectivity index (χ4n) is 3.49. The maximum absolute atomic E-state index is 5.55. The van der Waals surface area contributed by atoms with Gasteiger partial charge in [0.1, 0.15) is 17.2 Å². The number of hydrogen-bond acceptors (Lipinski definition) is 7. The minimum Gasteiger partial charge on any atom is -0.496 e. The average molecular weight is 459 g/mol. The predicted octanol–water partition coefficient (Wildman–Crippen LogP) is 4.29. The normalized spacial score (nSPS) is 10.7. The van der Waals surface area contributed by atoms with Crippen molar-refractivity contribution in [2.24, 2.45) is 0 Å². The zero-order valence-electron chi connectivity index (χ0n) is 21.0. The van der Waals surface area contributed by atoms with Crippen molar-refractivity contribution in [2.45, 2.75) is 26.9 Å². The van der Waals surface area contributed by atoms with E-state index in [2.05, 4.69) is 36.2 Å². The highest BCUT2D eigenvalue weighted by molar-refractivity contribution is 5.50. The van der Waals surface area contributed by atoms with Gasteiger partial charge in [0.15, 0.2) is 11.5 Å². The van der Waals surface area contributed by atoms with Gasteiger partial charge in [-0.1, -0.05) is 17.7 Å².